The minimum absolute atomic E-state index is 0.0217. The molecular weight excluding hydrogens is 258 g/mol. The van der Waals surface area contributed by atoms with Crippen LogP contribution in [0.25, 0.3) is 0 Å². The first-order valence-corrected chi connectivity index (χ1v) is 7.30. The molecule has 3 saturated heterocycles. The molecule has 0 aromatic carbocycles. The van der Waals surface area contributed by atoms with Crippen LogP contribution in [0.2, 0.25) is 0 Å². The van der Waals surface area contributed by atoms with E-state index in [4.69, 9.17) is 9.26 Å². The Balaban J connectivity index is 1.33. The molecule has 1 aromatic rings. The highest BCUT2D eigenvalue weighted by atomic mass is 16.5. The Labute approximate surface area is 117 Å². The van der Waals surface area contributed by atoms with Gasteiger partial charge >= 0.3 is 0 Å². The highest BCUT2D eigenvalue weighted by Gasteiger charge is 2.52. The molecule has 0 spiro atoms. The highest BCUT2D eigenvalue weighted by molar-refractivity contribution is 5.91. The van der Waals surface area contributed by atoms with Gasteiger partial charge in [-0.3, -0.25) is 9.69 Å². The molecule has 6 heteroatoms. The molecule has 3 fully saturated rings. The number of hydrogen-bond donors (Lipinski definition) is 1. The van der Waals surface area contributed by atoms with Crippen LogP contribution in [0.3, 0.4) is 0 Å². The fraction of sp³-hybridized carbons (Fsp3) is 0.714. The number of likely N-dealkylation sites (tertiary alicyclic amines) is 1. The molecule has 6 nitrogen and oxygen atoms in total. The van der Waals surface area contributed by atoms with Crippen molar-refractivity contribution in [3.05, 3.63) is 11.8 Å². The lowest BCUT2D eigenvalue weighted by Crippen LogP contribution is -2.33. The molecular formula is C14H19N3O3. The maximum Gasteiger partial charge on any atom is 0.239 e. The van der Waals surface area contributed by atoms with Gasteiger partial charge in [-0.05, 0) is 19.8 Å². The topological polar surface area (TPSA) is 67.6 Å². The number of ether oxygens (including phenoxy) is 1. The van der Waals surface area contributed by atoms with Gasteiger partial charge in [-0.15, -0.1) is 0 Å². The van der Waals surface area contributed by atoms with Crippen molar-refractivity contribution in [3.8, 4) is 0 Å². The monoisotopic (exact) mass is 277 g/mol. The summed E-state index contributed by atoms with van der Waals surface area (Å²) in [5, 5.41) is 6.55. The van der Waals surface area contributed by atoms with E-state index in [-0.39, 0.29) is 5.91 Å². The standard InChI is InChI=1S/C14H19N3O3/c1-8-4-13(16-20-8)15-14(18)7-17-5-9-10(6-17)12-3-2-11(9)19-12/h4,9-12H,2-3,5-7H2,1H3,(H,15,16,18). The van der Waals surface area contributed by atoms with E-state index in [2.05, 4.69) is 15.4 Å². The molecule has 1 aromatic heterocycles. The lowest BCUT2D eigenvalue weighted by Gasteiger charge is -2.18. The summed E-state index contributed by atoms with van der Waals surface area (Å²) in [6.07, 6.45) is 3.28. The zero-order valence-corrected chi connectivity index (χ0v) is 11.5. The molecule has 108 valence electrons. The van der Waals surface area contributed by atoms with Crippen LogP contribution < -0.4 is 5.32 Å². The van der Waals surface area contributed by atoms with Crippen LogP contribution in [-0.2, 0) is 9.53 Å². The van der Waals surface area contributed by atoms with Crippen molar-refractivity contribution < 1.29 is 14.1 Å². The van der Waals surface area contributed by atoms with Crippen LogP contribution in [0.15, 0.2) is 10.6 Å². The molecule has 0 radical (unpaired) electrons. The predicted octanol–water partition coefficient (Wildman–Crippen LogP) is 1.03. The van der Waals surface area contributed by atoms with Gasteiger partial charge in [-0.25, -0.2) is 0 Å². The quantitative estimate of drug-likeness (QED) is 0.894. The lowest BCUT2D eigenvalue weighted by atomic mass is 9.82. The molecule has 20 heavy (non-hydrogen) atoms. The average molecular weight is 277 g/mol. The molecule has 4 unspecified atom stereocenters. The first-order valence-electron chi connectivity index (χ1n) is 7.30. The van der Waals surface area contributed by atoms with Gasteiger partial charge in [-0.2, -0.15) is 0 Å². The molecule has 1 amide bonds. The number of aryl methyl sites for hydroxylation is 1. The number of aromatic nitrogens is 1. The SMILES string of the molecule is Cc1cc(NC(=O)CN2CC3C4CCC(O4)C3C2)no1. The van der Waals surface area contributed by atoms with Gasteiger partial charge in [0.15, 0.2) is 5.82 Å². The van der Waals surface area contributed by atoms with Gasteiger partial charge in [0.1, 0.15) is 5.76 Å². The Hall–Kier alpha value is -1.40. The Morgan fingerprint density at radius 3 is 2.70 bits per heavy atom. The van der Waals surface area contributed by atoms with E-state index >= 15 is 0 Å². The Morgan fingerprint density at radius 1 is 1.40 bits per heavy atom. The van der Waals surface area contributed by atoms with Gasteiger partial charge in [0.05, 0.1) is 18.8 Å². The number of hydrogen-bond acceptors (Lipinski definition) is 5. The van der Waals surface area contributed by atoms with Crippen molar-refractivity contribution in [2.45, 2.75) is 32.0 Å². The molecule has 4 heterocycles. The molecule has 0 aliphatic carbocycles. The number of carbonyl (C=O) groups is 1. The summed E-state index contributed by atoms with van der Waals surface area (Å²) in [4.78, 5) is 14.3. The number of amides is 1. The number of fused-ring (bicyclic) bond motifs is 5. The normalized spacial score (nSPS) is 35.5. The zero-order chi connectivity index (χ0) is 13.7. The third-order valence-corrected chi connectivity index (χ3v) is 4.79. The van der Waals surface area contributed by atoms with E-state index in [1.165, 1.54) is 12.8 Å². The second kappa shape index (κ2) is 4.56. The Morgan fingerprint density at radius 2 is 2.10 bits per heavy atom. The largest absolute Gasteiger partial charge is 0.374 e. The zero-order valence-electron chi connectivity index (χ0n) is 11.5. The van der Waals surface area contributed by atoms with Crippen molar-refractivity contribution >= 4 is 11.7 Å². The second-order valence-electron chi connectivity index (χ2n) is 6.18. The Kier molecular flexibility index (Phi) is 2.82. The van der Waals surface area contributed by atoms with Crippen molar-refractivity contribution in [1.29, 1.82) is 0 Å². The number of nitrogens with one attached hydrogen (secondary N) is 1. The average Bonchev–Trinajstić information content (AvgIpc) is 3.10. The summed E-state index contributed by atoms with van der Waals surface area (Å²) < 4.78 is 10.9. The number of carbonyl (C=O) groups excluding carboxylic acids is 1. The number of rotatable bonds is 3. The maximum atomic E-state index is 12.0. The smallest absolute Gasteiger partial charge is 0.239 e. The van der Waals surface area contributed by atoms with Crippen LogP contribution in [0.4, 0.5) is 5.82 Å². The van der Waals surface area contributed by atoms with Crippen LogP contribution in [0.5, 0.6) is 0 Å². The van der Waals surface area contributed by atoms with Crippen LogP contribution in [-0.4, -0.2) is 47.8 Å². The molecule has 0 saturated carbocycles. The van der Waals surface area contributed by atoms with Gasteiger partial charge in [-0.1, -0.05) is 5.16 Å². The van der Waals surface area contributed by atoms with Gasteiger partial charge < -0.3 is 14.6 Å². The Bertz CT molecular complexity index is 511. The van der Waals surface area contributed by atoms with Crippen molar-refractivity contribution in [2.75, 3.05) is 25.0 Å². The van der Waals surface area contributed by atoms with Crippen molar-refractivity contribution in [3.63, 3.8) is 0 Å². The molecule has 4 rings (SSSR count). The molecule has 2 bridgehead atoms. The lowest BCUT2D eigenvalue weighted by molar-refractivity contribution is -0.117. The molecule has 4 atom stereocenters. The highest BCUT2D eigenvalue weighted by Crippen LogP contribution is 2.46. The number of nitrogens with zero attached hydrogens (tertiary/aromatic N) is 2. The number of anilines is 1. The summed E-state index contributed by atoms with van der Waals surface area (Å²) in [7, 11) is 0. The van der Waals surface area contributed by atoms with E-state index < -0.39 is 0 Å². The van der Waals surface area contributed by atoms with E-state index in [9.17, 15) is 4.79 Å². The second-order valence-corrected chi connectivity index (χ2v) is 6.18. The minimum atomic E-state index is -0.0217. The van der Waals surface area contributed by atoms with E-state index in [0.29, 0.717) is 42.2 Å². The first-order chi connectivity index (χ1) is 9.69. The van der Waals surface area contributed by atoms with Crippen molar-refractivity contribution in [2.24, 2.45) is 11.8 Å². The third-order valence-electron chi connectivity index (χ3n) is 4.79. The fourth-order valence-electron chi connectivity index (χ4n) is 3.99. The summed E-state index contributed by atoms with van der Waals surface area (Å²) in [5.74, 6) is 2.44. The van der Waals surface area contributed by atoms with Crippen LogP contribution in [0, 0.1) is 18.8 Å². The molecule has 1 N–H and O–H groups in total. The predicted molar refractivity (Wildman–Crippen MR) is 71.2 cm³/mol. The molecule has 3 aliphatic heterocycles. The summed E-state index contributed by atoms with van der Waals surface area (Å²) >= 11 is 0. The van der Waals surface area contributed by atoms with Crippen molar-refractivity contribution in [1.82, 2.24) is 10.1 Å². The van der Waals surface area contributed by atoms with E-state index in [1.807, 2.05) is 0 Å². The molecule has 3 aliphatic rings. The van der Waals surface area contributed by atoms with Crippen LogP contribution >= 0.6 is 0 Å². The third kappa shape index (κ3) is 2.03. The summed E-state index contributed by atoms with van der Waals surface area (Å²) in [5.41, 5.74) is 0. The first kappa shape index (κ1) is 12.3. The van der Waals surface area contributed by atoms with E-state index in [1.54, 1.807) is 13.0 Å². The van der Waals surface area contributed by atoms with Gasteiger partial charge in [0.25, 0.3) is 0 Å². The van der Waals surface area contributed by atoms with Crippen LogP contribution in [0.1, 0.15) is 18.6 Å². The minimum Gasteiger partial charge on any atom is -0.374 e. The summed E-state index contributed by atoms with van der Waals surface area (Å²) in [6, 6.07) is 1.73. The summed E-state index contributed by atoms with van der Waals surface area (Å²) in [6.45, 7) is 4.20. The maximum absolute atomic E-state index is 12.0. The van der Waals surface area contributed by atoms with Gasteiger partial charge in [0, 0.05) is 31.0 Å². The fourth-order valence-corrected chi connectivity index (χ4v) is 3.99. The van der Waals surface area contributed by atoms with E-state index in [0.717, 1.165) is 13.1 Å². The van der Waals surface area contributed by atoms with Gasteiger partial charge in [0.2, 0.25) is 5.91 Å².